The molecule has 0 aliphatic rings. The number of aromatic amines is 1. The molecule has 100 valence electrons. The molecule has 7 nitrogen and oxygen atoms in total. The number of rotatable bonds is 7. The molecular weight excluding hydrogens is 244 g/mol. The average Bonchev–Trinajstić information content (AvgIpc) is 2.87. The number of aromatic nitrogens is 3. The third-order valence-electron chi connectivity index (χ3n) is 2.48. The van der Waals surface area contributed by atoms with Crippen molar-refractivity contribution in [3.8, 4) is 12.1 Å². The van der Waals surface area contributed by atoms with Crippen molar-refractivity contribution in [2.75, 3.05) is 13.1 Å². The third kappa shape index (κ3) is 4.40. The van der Waals surface area contributed by atoms with Crippen LogP contribution < -0.4 is 0 Å². The molecule has 1 rings (SSSR count). The first-order chi connectivity index (χ1) is 9.22. The number of carbonyl (C=O) groups is 1. The van der Waals surface area contributed by atoms with E-state index < -0.39 is 0 Å². The van der Waals surface area contributed by atoms with Gasteiger partial charge < -0.3 is 4.90 Å². The van der Waals surface area contributed by atoms with Crippen LogP contribution in [0.2, 0.25) is 0 Å². The van der Waals surface area contributed by atoms with Crippen LogP contribution in [0.25, 0.3) is 0 Å². The maximum Gasteiger partial charge on any atom is 0.293 e. The molecule has 1 N–H and O–H groups in total. The zero-order valence-corrected chi connectivity index (χ0v) is 10.9. The fourth-order valence-corrected chi connectivity index (χ4v) is 1.57. The zero-order chi connectivity index (χ0) is 14.1. The van der Waals surface area contributed by atoms with E-state index in [0.29, 0.717) is 5.82 Å². The highest BCUT2D eigenvalue weighted by Gasteiger charge is 2.19. The van der Waals surface area contributed by atoms with Crippen LogP contribution in [0.3, 0.4) is 0 Å². The van der Waals surface area contributed by atoms with E-state index in [4.69, 9.17) is 10.5 Å². The van der Waals surface area contributed by atoms with Crippen LogP contribution in [0.4, 0.5) is 0 Å². The lowest BCUT2D eigenvalue weighted by molar-refractivity contribution is 0.0750. The first-order valence-electron chi connectivity index (χ1n) is 6.17. The van der Waals surface area contributed by atoms with Crippen molar-refractivity contribution >= 4 is 5.91 Å². The Labute approximate surface area is 111 Å². The molecule has 0 spiro atoms. The summed E-state index contributed by atoms with van der Waals surface area (Å²) in [7, 11) is 0. The fraction of sp³-hybridized carbons (Fsp3) is 0.583. The predicted octanol–water partition coefficient (Wildman–Crippen LogP) is 1.03. The minimum atomic E-state index is -0.343. The Balaban J connectivity index is 2.73. The molecule has 1 aromatic heterocycles. The van der Waals surface area contributed by atoms with E-state index in [0.717, 1.165) is 12.8 Å². The lowest BCUT2D eigenvalue weighted by Crippen LogP contribution is -2.33. The molecule has 1 heterocycles. The molecule has 0 atom stereocenters. The molecule has 0 unspecified atom stereocenters. The van der Waals surface area contributed by atoms with Crippen molar-refractivity contribution in [3.63, 3.8) is 0 Å². The van der Waals surface area contributed by atoms with Gasteiger partial charge in [-0.25, -0.2) is 4.98 Å². The van der Waals surface area contributed by atoms with Gasteiger partial charge in [0.1, 0.15) is 5.82 Å². The quantitative estimate of drug-likeness (QED) is 0.787. The molecular formula is C12H16N6O. The molecule has 19 heavy (non-hydrogen) atoms. The third-order valence-corrected chi connectivity index (χ3v) is 2.48. The molecule has 1 aromatic rings. The van der Waals surface area contributed by atoms with Gasteiger partial charge >= 0.3 is 0 Å². The maximum atomic E-state index is 12.1. The van der Waals surface area contributed by atoms with Gasteiger partial charge in [-0.3, -0.25) is 9.89 Å². The van der Waals surface area contributed by atoms with Crippen LogP contribution in [0.1, 0.15) is 42.6 Å². The smallest absolute Gasteiger partial charge is 0.293 e. The Kier molecular flexibility index (Phi) is 6.04. The van der Waals surface area contributed by atoms with Crippen molar-refractivity contribution < 1.29 is 4.79 Å². The SMILES string of the molecule is CCCc1nc(C(=O)N(CCC#N)CCC#N)n[nH]1. The largest absolute Gasteiger partial charge is 0.334 e. The van der Waals surface area contributed by atoms with Gasteiger partial charge in [0.25, 0.3) is 5.91 Å². The monoisotopic (exact) mass is 260 g/mol. The second-order valence-corrected chi connectivity index (χ2v) is 3.96. The topological polar surface area (TPSA) is 109 Å². The average molecular weight is 260 g/mol. The van der Waals surface area contributed by atoms with E-state index in [-0.39, 0.29) is 37.7 Å². The standard InChI is InChI=1S/C12H16N6O/c1-2-5-10-15-11(17-16-10)12(19)18(8-3-6-13)9-4-7-14/h2-5,8-9H2,1H3,(H,15,16,17). The minimum absolute atomic E-state index is 0.0966. The van der Waals surface area contributed by atoms with Crippen molar-refractivity contribution in [1.29, 1.82) is 10.5 Å². The minimum Gasteiger partial charge on any atom is -0.334 e. The summed E-state index contributed by atoms with van der Waals surface area (Å²) in [6, 6.07) is 3.96. The summed E-state index contributed by atoms with van der Waals surface area (Å²) in [5.41, 5.74) is 0. The van der Waals surface area contributed by atoms with Gasteiger partial charge in [-0.05, 0) is 6.42 Å². The molecule has 0 aliphatic heterocycles. The summed E-state index contributed by atoms with van der Waals surface area (Å²) >= 11 is 0. The Bertz CT molecular complexity index is 477. The second-order valence-electron chi connectivity index (χ2n) is 3.96. The van der Waals surface area contributed by atoms with Crippen LogP contribution in [-0.4, -0.2) is 39.1 Å². The van der Waals surface area contributed by atoms with Crippen LogP contribution in [-0.2, 0) is 6.42 Å². The van der Waals surface area contributed by atoms with Gasteiger partial charge in [0.15, 0.2) is 0 Å². The molecule has 0 bridgehead atoms. The van der Waals surface area contributed by atoms with Gasteiger partial charge in [0.05, 0.1) is 25.0 Å². The Morgan fingerprint density at radius 3 is 2.47 bits per heavy atom. The summed E-state index contributed by atoms with van der Waals surface area (Å²) in [4.78, 5) is 17.7. The lowest BCUT2D eigenvalue weighted by atomic mass is 10.3. The Morgan fingerprint density at radius 1 is 1.32 bits per heavy atom. The Hall–Kier alpha value is -2.41. The van der Waals surface area contributed by atoms with E-state index >= 15 is 0 Å². The number of amides is 1. The van der Waals surface area contributed by atoms with E-state index in [1.54, 1.807) is 0 Å². The number of carbonyl (C=O) groups excluding carboxylic acids is 1. The first-order valence-corrected chi connectivity index (χ1v) is 6.17. The number of hydrogen-bond acceptors (Lipinski definition) is 5. The van der Waals surface area contributed by atoms with Crippen molar-refractivity contribution in [1.82, 2.24) is 20.1 Å². The molecule has 0 saturated carbocycles. The highest BCUT2D eigenvalue weighted by Crippen LogP contribution is 2.03. The van der Waals surface area contributed by atoms with Gasteiger partial charge in [-0.1, -0.05) is 6.92 Å². The zero-order valence-electron chi connectivity index (χ0n) is 10.9. The molecule has 1 amide bonds. The van der Waals surface area contributed by atoms with Crippen LogP contribution >= 0.6 is 0 Å². The highest BCUT2D eigenvalue weighted by atomic mass is 16.2. The molecule has 0 aliphatic carbocycles. The van der Waals surface area contributed by atoms with E-state index in [1.807, 2.05) is 19.1 Å². The van der Waals surface area contributed by atoms with E-state index in [9.17, 15) is 4.79 Å². The summed E-state index contributed by atoms with van der Waals surface area (Å²) in [6.45, 7) is 2.58. The highest BCUT2D eigenvalue weighted by molar-refractivity contribution is 5.90. The summed E-state index contributed by atoms with van der Waals surface area (Å²) < 4.78 is 0. The fourth-order valence-electron chi connectivity index (χ4n) is 1.57. The summed E-state index contributed by atoms with van der Waals surface area (Å²) in [6.07, 6.45) is 2.10. The normalized spacial score (nSPS) is 9.63. The second kappa shape index (κ2) is 7.83. The lowest BCUT2D eigenvalue weighted by Gasteiger charge is -2.18. The molecule has 0 fully saturated rings. The number of nitrogens with zero attached hydrogens (tertiary/aromatic N) is 5. The van der Waals surface area contributed by atoms with E-state index in [2.05, 4.69) is 15.2 Å². The number of aryl methyl sites for hydroxylation is 1. The molecule has 0 saturated heterocycles. The van der Waals surface area contributed by atoms with Crippen LogP contribution in [0.5, 0.6) is 0 Å². The number of nitriles is 2. The van der Waals surface area contributed by atoms with E-state index in [1.165, 1.54) is 4.90 Å². The molecule has 7 heteroatoms. The Morgan fingerprint density at radius 2 is 1.95 bits per heavy atom. The van der Waals surface area contributed by atoms with Gasteiger partial charge in [-0.15, -0.1) is 5.10 Å². The molecule has 0 radical (unpaired) electrons. The van der Waals surface area contributed by atoms with Crippen LogP contribution in [0, 0.1) is 22.7 Å². The van der Waals surface area contributed by atoms with Gasteiger partial charge in [0, 0.05) is 19.5 Å². The van der Waals surface area contributed by atoms with Gasteiger partial charge in [-0.2, -0.15) is 10.5 Å². The number of H-pyrrole nitrogens is 1. The van der Waals surface area contributed by atoms with Crippen molar-refractivity contribution in [3.05, 3.63) is 11.6 Å². The maximum absolute atomic E-state index is 12.1. The number of nitrogens with one attached hydrogen (secondary N) is 1. The number of hydrogen-bond donors (Lipinski definition) is 1. The summed E-state index contributed by atoms with van der Waals surface area (Å²) in [5.74, 6) is 0.426. The van der Waals surface area contributed by atoms with Crippen molar-refractivity contribution in [2.24, 2.45) is 0 Å². The van der Waals surface area contributed by atoms with Gasteiger partial charge in [0.2, 0.25) is 5.82 Å². The molecule has 0 aromatic carbocycles. The summed E-state index contributed by atoms with van der Waals surface area (Å²) in [5, 5.41) is 23.7. The van der Waals surface area contributed by atoms with Crippen molar-refractivity contribution in [2.45, 2.75) is 32.6 Å². The predicted molar refractivity (Wildman–Crippen MR) is 66.7 cm³/mol. The first kappa shape index (κ1) is 14.7. The van der Waals surface area contributed by atoms with Crippen LogP contribution in [0.15, 0.2) is 0 Å².